The first-order chi connectivity index (χ1) is 9.99. The fraction of sp³-hybridized carbons (Fsp3) is 0.0769. The molecule has 0 atom stereocenters. The van der Waals surface area contributed by atoms with Crippen LogP contribution in [0.25, 0.3) is 0 Å². The summed E-state index contributed by atoms with van der Waals surface area (Å²) in [5, 5.41) is 4.30. The predicted molar refractivity (Wildman–Crippen MR) is 70.6 cm³/mol. The van der Waals surface area contributed by atoms with Crippen molar-refractivity contribution in [1.82, 2.24) is 14.8 Å². The molecule has 21 heavy (non-hydrogen) atoms. The van der Waals surface area contributed by atoms with Crippen molar-refractivity contribution in [3.8, 4) is 0 Å². The molecule has 0 fully saturated rings. The summed E-state index contributed by atoms with van der Waals surface area (Å²) in [6.07, 6.45) is 1.40. The molecule has 0 saturated carbocycles. The molecular formula is C13H8ClN3O4. The third kappa shape index (κ3) is 2.07. The summed E-state index contributed by atoms with van der Waals surface area (Å²) in [6, 6.07) is 6.20. The van der Waals surface area contributed by atoms with Crippen LogP contribution in [0, 0.1) is 0 Å². The highest BCUT2D eigenvalue weighted by Crippen LogP contribution is 2.24. The summed E-state index contributed by atoms with van der Waals surface area (Å²) in [7, 11) is 1.57. The molecule has 0 bridgehead atoms. The standard InChI is InChI=1S/C13H8ClN3O4/c1-16-6-9(14)10(15-16)13(20)21-17-11(18)7-4-2-3-5-8(7)12(17)19/h2-6H,1H3. The van der Waals surface area contributed by atoms with E-state index >= 15 is 0 Å². The smallest absolute Gasteiger partial charge is 0.322 e. The Kier molecular flexibility index (Phi) is 2.99. The van der Waals surface area contributed by atoms with Gasteiger partial charge in [0, 0.05) is 13.2 Å². The highest BCUT2D eigenvalue weighted by atomic mass is 35.5. The van der Waals surface area contributed by atoms with E-state index in [2.05, 4.69) is 5.10 Å². The van der Waals surface area contributed by atoms with Gasteiger partial charge in [0.15, 0.2) is 5.69 Å². The van der Waals surface area contributed by atoms with Crippen molar-refractivity contribution in [3.05, 3.63) is 52.3 Å². The minimum atomic E-state index is -0.977. The van der Waals surface area contributed by atoms with Gasteiger partial charge in [-0.1, -0.05) is 28.8 Å². The topological polar surface area (TPSA) is 81.5 Å². The first-order valence-corrected chi connectivity index (χ1v) is 6.26. The van der Waals surface area contributed by atoms with Gasteiger partial charge in [-0.05, 0) is 12.1 Å². The minimum absolute atomic E-state index is 0.0686. The number of amides is 2. The summed E-state index contributed by atoms with van der Waals surface area (Å²) in [5.41, 5.74) is 0.195. The van der Waals surface area contributed by atoms with Gasteiger partial charge in [-0.15, -0.1) is 0 Å². The largest absolute Gasteiger partial charge is 0.385 e. The van der Waals surface area contributed by atoms with Crippen molar-refractivity contribution in [1.29, 1.82) is 0 Å². The fourth-order valence-corrected chi connectivity index (χ4v) is 2.23. The minimum Gasteiger partial charge on any atom is -0.322 e. The summed E-state index contributed by atoms with van der Waals surface area (Å²) < 4.78 is 1.32. The van der Waals surface area contributed by atoms with Crippen LogP contribution in [-0.2, 0) is 11.9 Å². The van der Waals surface area contributed by atoms with E-state index in [4.69, 9.17) is 16.4 Å². The number of hydroxylamine groups is 2. The Hall–Kier alpha value is -2.67. The highest BCUT2D eigenvalue weighted by Gasteiger charge is 2.39. The number of halogens is 1. The van der Waals surface area contributed by atoms with Crippen LogP contribution in [0.15, 0.2) is 30.5 Å². The van der Waals surface area contributed by atoms with Gasteiger partial charge in [0.25, 0.3) is 11.8 Å². The maximum atomic E-state index is 12.0. The molecular weight excluding hydrogens is 298 g/mol. The van der Waals surface area contributed by atoms with Crippen LogP contribution < -0.4 is 0 Å². The number of rotatable bonds is 2. The van der Waals surface area contributed by atoms with Crippen LogP contribution >= 0.6 is 11.6 Å². The molecule has 1 aromatic carbocycles. The van der Waals surface area contributed by atoms with Crippen molar-refractivity contribution >= 4 is 29.4 Å². The molecule has 1 aliphatic heterocycles. The van der Waals surface area contributed by atoms with Gasteiger partial charge in [0.2, 0.25) is 0 Å². The molecule has 2 aromatic rings. The third-order valence-corrected chi connectivity index (χ3v) is 3.19. The van der Waals surface area contributed by atoms with E-state index in [0.29, 0.717) is 5.06 Å². The number of imide groups is 1. The van der Waals surface area contributed by atoms with E-state index in [1.54, 1.807) is 19.2 Å². The normalized spacial score (nSPS) is 13.5. The Morgan fingerprint density at radius 1 is 1.19 bits per heavy atom. The van der Waals surface area contributed by atoms with Crippen LogP contribution in [0.3, 0.4) is 0 Å². The molecule has 0 radical (unpaired) electrons. The second-order valence-electron chi connectivity index (χ2n) is 4.33. The number of aryl methyl sites for hydroxylation is 1. The Balaban J connectivity index is 1.87. The first-order valence-electron chi connectivity index (χ1n) is 5.88. The molecule has 2 amide bonds. The van der Waals surface area contributed by atoms with Gasteiger partial charge in [-0.3, -0.25) is 14.3 Å². The van der Waals surface area contributed by atoms with Crippen molar-refractivity contribution in [3.63, 3.8) is 0 Å². The van der Waals surface area contributed by atoms with E-state index in [1.165, 1.54) is 23.0 Å². The second kappa shape index (κ2) is 4.71. The van der Waals surface area contributed by atoms with Crippen molar-refractivity contribution in [2.75, 3.05) is 0 Å². The summed E-state index contributed by atoms with van der Waals surface area (Å²) in [5.74, 6) is -2.37. The molecule has 2 heterocycles. The third-order valence-electron chi connectivity index (χ3n) is 2.91. The molecule has 106 valence electrons. The van der Waals surface area contributed by atoms with Gasteiger partial charge in [0.05, 0.1) is 16.1 Å². The number of fused-ring (bicyclic) bond motifs is 1. The number of carbonyl (C=O) groups excluding carboxylic acids is 3. The number of nitrogens with zero attached hydrogens (tertiary/aromatic N) is 3. The average molecular weight is 306 g/mol. The van der Waals surface area contributed by atoms with E-state index < -0.39 is 17.8 Å². The van der Waals surface area contributed by atoms with Gasteiger partial charge in [0.1, 0.15) is 0 Å². The zero-order chi connectivity index (χ0) is 15.1. The molecule has 7 nitrogen and oxygen atoms in total. The number of carbonyl (C=O) groups is 3. The van der Waals surface area contributed by atoms with Crippen LogP contribution in [-0.4, -0.2) is 32.6 Å². The Morgan fingerprint density at radius 2 is 1.76 bits per heavy atom. The quantitative estimate of drug-likeness (QED) is 0.784. The van der Waals surface area contributed by atoms with Crippen molar-refractivity contribution in [2.45, 2.75) is 0 Å². The molecule has 0 N–H and O–H groups in total. The van der Waals surface area contributed by atoms with Gasteiger partial charge in [-0.25, -0.2) is 4.79 Å². The van der Waals surface area contributed by atoms with E-state index in [1.807, 2.05) is 0 Å². The molecule has 3 rings (SSSR count). The van der Waals surface area contributed by atoms with E-state index in [-0.39, 0.29) is 21.8 Å². The number of aromatic nitrogens is 2. The lowest BCUT2D eigenvalue weighted by atomic mass is 10.1. The zero-order valence-electron chi connectivity index (χ0n) is 10.7. The van der Waals surface area contributed by atoms with Gasteiger partial charge < -0.3 is 4.84 Å². The summed E-state index contributed by atoms with van der Waals surface area (Å²) in [4.78, 5) is 40.8. The SMILES string of the molecule is Cn1cc(Cl)c(C(=O)ON2C(=O)c3ccccc3C2=O)n1. The zero-order valence-corrected chi connectivity index (χ0v) is 11.5. The average Bonchev–Trinajstić information content (AvgIpc) is 2.92. The Bertz CT molecular complexity index is 748. The molecule has 0 unspecified atom stereocenters. The molecule has 1 aliphatic rings. The highest BCUT2D eigenvalue weighted by molar-refractivity contribution is 6.33. The molecule has 0 spiro atoms. The lowest BCUT2D eigenvalue weighted by Crippen LogP contribution is -2.32. The predicted octanol–water partition coefficient (Wildman–Crippen LogP) is 1.44. The number of benzene rings is 1. The van der Waals surface area contributed by atoms with E-state index in [0.717, 1.165) is 0 Å². The van der Waals surface area contributed by atoms with Crippen LogP contribution in [0.2, 0.25) is 5.02 Å². The van der Waals surface area contributed by atoms with E-state index in [9.17, 15) is 14.4 Å². The number of hydrogen-bond acceptors (Lipinski definition) is 5. The summed E-state index contributed by atoms with van der Waals surface area (Å²) in [6.45, 7) is 0. The maximum absolute atomic E-state index is 12.0. The Labute approximate surface area is 123 Å². The molecule has 8 heteroatoms. The number of hydrogen-bond donors (Lipinski definition) is 0. The molecule has 0 saturated heterocycles. The van der Waals surface area contributed by atoms with Crippen molar-refractivity contribution < 1.29 is 19.2 Å². The van der Waals surface area contributed by atoms with Crippen molar-refractivity contribution in [2.24, 2.45) is 7.05 Å². The first kappa shape index (κ1) is 13.3. The second-order valence-corrected chi connectivity index (χ2v) is 4.74. The monoisotopic (exact) mass is 305 g/mol. The lowest BCUT2D eigenvalue weighted by Gasteiger charge is -2.11. The van der Waals surface area contributed by atoms with Crippen LogP contribution in [0.1, 0.15) is 31.2 Å². The lowest BCUT2D eigenvalue weighted by molar-refractivity contribution is -0.0588. The van der Waals surface area contributed by atoms with Gasteiger partial charge >= 0.3 is 5.97 Å². The summed E-state index contributed by atoms with van der Waals surface area (Å²) >= 11 is 5.81. The van der Waals surface area contributed by atoms with Crippen LogP contribution in [0.4, 0.5) is 0 Å². The van der Waals surface area contributed by atoms with Crippen LogP contribution in [0.5, 0.6) is 0 Å². The van der Waals surface area contributed by atoms with Gasteiger partial charge in [-0.2, -0.15) is 5.10 Å². The molecule has 1 aromatic heterocycles. The maximum Gasteiger partial charge on any atom is 0.385 e. The Morgan fingerprint density at radius 3 is 2.24 bits per heavy atom. The molecule has 0 aliphatic carbocycles. The fourth-order valence-electron chi connectivity index (χ4n) is 1.97.